The normalized spacial score (nSPS) is 40.8. The molecule has 0 aromatic carbocycles. The van der Waals surface area contributed by atoms with Crippen molar-refractivity contribution < 1.29 is 53.1 Å². The van der Waals surface area contributed by atoms with Crippen LogP contribution in [0.25, 0.3) is 0 Å². The molecule has 3 aliphatic heterocycles. The molecular formula is C51H80INO11. The minimum Gasteiger partial charge on any atom is -0.461 e. The Balaban J connectivity index is 1.67. The zero-order chi connectivity index (χ0) is 47.3. The first-order valence-electron chi connectivity index (χ1n) is 23.9. The summed E-state index contributed by atoms with van der Waals surface area (Å²) in [7, 11) is 4.82. The highest BCUT2D eigenvalue weighted by atomic mass is 127. The molecule has 0 radical (unpaired) electrons. The molecule has 13 heteroatoms. The van der Waals surface area contributed by atoms with Crippen LogP contribution in [0.1, 0.15) is 132 Å². The Hall–Kier alpha value is -2.27. The molecule has 4 aliphatic rings. The molecule has 2 bridgehead atoms. The lowest BCUT2D eigenvalue weighted by atomic mass is 9.79. The Kier molecular flexibility index (Phi) is 21.9. The molecule has 0 aromatic heterocycles. The van der Waals surface area contributed by atoms with Gasteiger partial charge in [-0.1, -0.05) is 93.7 Å². The number of cyclic esters (lactones) is 1. The number of piperidine rings is 1. The van der Waals surface area contributed by atoms with Gasteiger partial charge in [-0.3, -0.25) is 14.4 Å². The van der Waals surface area contributed by atoms with Gasteiger partial charge in [0.1, 0.15) is 24.4 Å². The Morgan fingerprint density at radius 2 is 1.58 bits per heavy atom. The molecule has 64 heavy (non-hydrogen) atoms. The highest BCUT2D eigenvalue weighted by molar-refractivity contribution is 14.1. The van der Waals surface area contributed by atoms with Crippen molar-refractivity contribution in [2.24, 2.45) is 35.5 Å². The van der Waals surface area contributed by atoms with Gasteiger partial charge in [0, 0.05) is 50.1 Å². The number of methoxy groups -OCH3 is 3. The van der Waals surface area contributed by atoms with Crippen molar-refractivity contribution in [3.05, 3.63) is 47.6 Å². The van der Waals surface area contributed by atoms with Crippen LogP contribution in [-0.2, 0) is 42.9 Å². The molecule has 362 valence electrons. The van der Waals surface area contributed by atoms with Gasteiger partial charge in [-0.25, -0.2) is 4.79 Å². The molecular weight excluding hydrogens is 929 g/mol. The van der Waals surface area contributed by atoms with Crippen molar-refractivity contribution in [2.75, 3.05) is 27.9 Å². The van der Waals surface area contributed by atoms with Gasteiger partial charge in [0.25, 0.3) is 11.7 Å². The highest BCUT2D eigenvalue weighted by Crippen LogP contribution is 2.38. The first-order chi connectivity index (χ1) is 30.3. The molecule has 1 amide bonds. The van der Waals surface area contributed by atoms with Gasteiger partial charge in [-0.15, -0.1) is 0 Å². The highest BCUT2D eigenvalue weighted by Gasteiger charge is 2.53. The van der Waals surface area contributed by atoms with Crippen LogP contribution in [0.15, 0.2) is 47.6 Å². The maximum absolute atomic E-state index is 14.4. The second kappa shape index (κ2) is 25.7. The smallest absolute Gasteiger partial charge is 0.329 e. The third-order valence-electron chi connectivity index (χ3n) is 14.5. The van der Waals surface area contributed by atoms with E-state index in [4.69, 9.17) is 23.7 Å². The fourth-order valence-electron chi connectivity index (χ4n) is 10.3. The topological polar surface area (TPSA) is 158 Å². The summed E-state index contributed by atoms with van der Waals surface area (Å²) in [5.41, 5.74) is 1.54. The van der Waals surface area contributed by atoms with Crippen LogP contribution in [-0.4, -0.2) is 119 Å². The zero-order valence-electron chi connectivity index (χ0n) is 40.3. The van der Waals surface area contributed by atoms with Crippen LogP contribution in [0, 0.1) is 35.5 Å². The van der Waals surface area contributed by atoms with E-state index >= 15 is 0 Å². The number of rotatable bonds is 6. The van der Waals surface area contributed by atoms with Crippen molar-refractivity contribution in [2.45, 2.75) is 184 Å². The predicted molar refractivity (Wildman–Crippen MR) is 257 cm³/mol. The van der Waals surface area contributed by atoms with E-state index in [-0.39, 0.29) is 48.2 Å². The number of esters is 1. The molecule has 15 atom stereocenters. The quantitative estimate of drug-likeness (QED) is 0.0865. The second-order valence-corrected chi connectivity index (χ2v) is 21.2. The van der Waals surface area contributed by atoms with Crippen molar-refractivity contribution >= 4 is 46.0 Å². The molecule has 0 unspecified atom stereocenters. The van der Waals surface area contributed by atoms with Crippen LogP contribution in [0.4, 0.5) is 0 Å². The monoisotopic (exact) mass is 1010 g/mol. The minimum absolute atomic E-state index is 0.0207. The average molecular weight is 1010 g/mol. The van der Waals surface area contributed by atoms with Gasteiger partial charge >= 0.3 is 5.97 Å². The number of hydrogen-bond donors (Lipinski definition) is 2. The van der Waals surface area contributed by atoms with E-state index in [1.165, 1.54) is 12.0 Å². The van der Waals surface area contributed by atoms with Crippen LogP contribution < -0.4 is 0 Å². The summed E-state index contributed by atoms with van der Waals surface area (Å²) in [5.74, 6) is -5.67. The number of aliphatic hydroxyl groups excluding tert-OH is 1. The van der Waals surface area contributed by atoms with Crippen LogP contribution in [0.2, 0.25) is 0 Å². The third-order valence-corrected chi connectivity index (χ3v) is 15.9. The molecule has 0 aromatic rings. The van der Waals surface area contributed by atoms with Gasteiger partial charge in [0.05, 0.1) is 18.3 Å². The number of alkyl halides is 1. The number of hydrogen-bond acceptors (Lipinski definition) is 11. The van der Waals surface area contributed by atoms with E-state index in [0.29, 0.717) is 73.2 Å². The van der Waals surface area contributed by atoms with Crippen LogP contribution >= 0.6 is 22.6 Å². The number of carbonyl (C=O) groups is 4. The molecule has 4 rings (SSSR count). The summed E-state index contributed by atoms with van der Waals surface area (Å²) in [6.07, 6.45) is 16.9. The number of ether oxygens (including phenoxy) is 5. The number of ketones is 2. The van der Waals surface area contributed by atoms with E-state index < -0.39 is 59.8 Å². The number of nitrogens with zero attached hydrogens (tertiary/aromatic N) is 1. The lowest BCUT2D eigenvalue weighted by Gasteiger charge is -2.42. The SMILES string of the molecule is CO[C@H]1C[C@@H]2CC[C@@H](C)[C@@](O)(O2)C(=O)C(=O)N2CCCC[C@H]2C(=O)O[C@H]([C@H](C)C[C@@H]2CC[C@H](I)[C@H](OC)C2)CC[C@H](C)/C=C(\C)[C@@H](O)[C@@H](OC)C(=O)[C@H](C)C[C@H](C)/C=C/C=C/C=C/1C. The summed E-state index contributed by atoms with van der Waals surface area (Å²) < 4.78 is 30.4. The molecule has 1 saturated carbocycles. The minimum atomic E-state index is -2.36. The maximum Gasteiger partial charge on any atom is 0.329 e. The van der Waals surface area contributed by atoms with Crippen molar-refractivity contribution in [3.8, 4) is 0 Å². The van der Waals surface area contributed by atoms with Crippen LogP contribution in [0.3, 0.4) is 0 Å². The lowest BCUT2D eigenvalue weighted by molar-refractivity contribution is -0.265. The van der Waals surface area contributed by atoms with E-state index in [0.717, 1.165) is 31.3 Å². The third kappa shape index (κ3) is 14.6. The summed E-state index contributed by atoms with van der Waals surface area (Å²) in [5, 5.41) is 23.4. The Morgan fingerprint density at radius 3 is 2.27 bits per heavy atom. The summed E-state index contributed by atoms with van der Waals surface area (Å²) >= 11 is 2.48. The second-order valence-electron chi connectivity index (χ2n) is 19.6. The molecule has 3 fully saturated rings. The van der Waals surface area contributed by atoms with Crippen molar-refractivity contribution in [1.82, 2.24) is 4.90 Å². The predicted octanol–water partition coefficient (Wildman–Crippen LogP) is 8.44. The van der Waals surface area contributed by atoms with Gasteiger partial charge in [-0.05, 0) is 126 Å². The summed E-state index contributed by atoms with van der Waals surface area (Å²) in [4.78, 5) is 57.9. The Labute approximate surface area is 397 Å². The number of amides is 1. The van der Waals surface area contributed by atoms with Gasteiger partial charge in [-0.2, -0.15) is 0 Å². The van der Waals surface area contributed by atoms with Crippen LogP contribution in [0.5, 0.6) is 0 Å². The average Bonchev–Trinajstić information content (AvgIpc) is 3.27. The molecule has 2 saturated heterocycles. The molecule has 2 N–H and O–H groups in total. The number of fused-ring (bicyclic) bond motifs is 3. The Morgan fingerprint density at radius 1 is 0.844 bits per heavy atom. The van der Waals surface area contributed by atoms with Crippen molar-refractivity contribution in [3.63, 3.8) is 0 Å². The first-order valence-corrected chi connectivity index (χ1v) is 25.2. The number of carbonyl (C=O) groups excluding carboxylic acids is 4. The molecule has 12 nitrogen and oxygen atoms in total. The lowest BCUT2D eigenvalue weighted by Crippen LogP contribution is -2.61. The van der Waals surface area contributed by atoms with Gasteiger partial charge < -0.3 is 38.8 Å². The Bertz CT molecular complexity index is 1680. The standard InChI is InChI=1S/C51H80INO11/c1-31-16-12-11-13-17-33(3)43(60-8)30-39-22-20-37(7)51(59,64-39)48(56)49(57)53-25-15-14-18-41(53)50(58)63-42(34(4)28-38-21-23-40(52)44(29-38)61-9)24-19-32(2)27-36(6)46(55)47(62-10)45(54)35(5)26-31/h11-13,16-17,27,31-32,34-35,37-44,46-47,55,59H,14-15,18-26,28-30H2,1-10H3/b13-11+,16-12+,33-17+,36-27+/t31-,32+,34-,35-,37-,38+,39+,40+,41+,42+,43+,44-,46-,47+,51-/m1/s1. The number of halogens is 1. The molecule has 0 spiro atoms. The maximum atomic E-state index is 14.4. The molecule has 3 heterocycles. The van der Waals surface area contributed by atoms with Gasteiger partial charge in [0.15, 0.2) is 5.78 Å². The van der Waals surface area contributed by atoms with E-state index in [9.17, 15) is 29.4 Å². The fraction of sp³-hybridized carbons (Fsp3) is 0.765. The number of Topliss-reactive ketones (excluding diaryl/α,β-unsaturated/α-hetero) is 2. The number of aliphatic hydroxyl groups is 2. The van der Waals surface area contributed by atoms with Crippen molar-refractivity contribution in [1.29, 1.82) is 0 Å². The summed E-state index contributed by atoms with van der Waals surface area (Å²) in [6.45, 7) is 13.7. The van der Waals surface area contributed by atoms with E-state index in [1.54, 1.807) is 21.1 Å². The van der Waals surface area contributed by atoms with E-state index in [2.05, 4.69) is 36.4 Å². The van der Waals surface area contributed by atoms with Gasteiger partial charge in [0.2, 0.25) is 5.79 Å². The first kappa shape index (κ1) is 54.3. The fourth-order valence-corrected chi connectivity index (χ4v) is 11.2. The molecule has 1 aliphatic carbocycles. The number of allylic oxidation sites excluding steroid dienone is 6. The van der Waals surface area contributed by atoms with E-state index in [1.807, 2.05) is 64.2 Å². The largest absolute Gasteiger partial charge is 0.461 e. The summed E-state index contributed by atoms with van der Waals surface area (Å²) in [6, 6.07) is -0.987. The zero-order valence-corrected chi connectivity index (χ0v) is 42.5.